The molecule has 14 atom stereocenters. The number of hydrogen-bond donors (Lipinski definition) is 7. The minimum absolute atomic E-state index is 0.00576. The molecular weight excluding hydrogens is 1260 g/mol. The number of likely N-dealkylation sites (N-methyl/N-ethyl adjacent to an activating group) is 6. The lowest BCUT2D eigenvalue weighted by Gasteiger charge is -2.40. The Labute approximate surface area is 573 Å². The Morgan fingerprint density at radius 2 is 1.04 bits per heavy atom. The Balaban J connectivity index is 3.03. The van der Waals surface area contributed by atoms with Gasteiger partial charge in [-0.1, -0.05) is 95.2 Å². The van der Waals surface area contributed by atoms with Crippen molar-refractivity contribution >= 4 is 87.5 Å². The molecule has 96 heavy (non-hydrogen) atoms. The number of aromatic nitrogens is 1. The molecule has 0 spiro atoms. The van der Waals surface area contributed by atoms with E-state index in [1.165, 1.54) is 97.4 Å². The second-order valence-corrected chi connectivity index (χ2v) is 28.9. The molecule has 28 nitrogen and oxygen atoms in total. The maximum atomic E-state index is 15.2. The molecular formula is C67H115N13O15S. The number of ether oxygens (including phenoxy) is 1. The average molecular weight is 1370 g/mol. The van der Waals surface area contributed by atoms with E-state index < -0.39 is 168 Å². The van der Waals surface area contributed by atoms with Crippen molar-refractivity contribution in [3.05, 3.63) is 23.7 Å². The number of nitrogens with one attached hydrogen (secondary N) is 5. The number of hydrogen-bond acceptors (Lipinski definition) is 17. The molecule has 0 aliphatic carbocycles. The summed E-state index contributed by atoms with van der Waals surface area (Å²) < 4.78 is 5.64. The maximum absolute atomic E-state index is 15.2. The van der Waals surface area contributed by atoms with Crippen LogP contribution in [0.4, 0.5) is 9.93 Å². The van der Waals surface area contributed by atoms with Crippen molar-refractivity contribution in [2.75, 3.05) is 67.4 Å². The molecule has 1 aromatic rings. The van der Waals surface area contributed by atoms with Crippen LogP contribution in [0.1, 0.15) is 149 Å². The highest BCUT2D eigenvalue weighted by Crippen LogP contribution is 2.25. The lowest BCUT2D eigenvalue weighted by Crippen LogP contribution is -2.64. The van der Waals surface area contributed by atoms with Crippen LogP contribution >= 0.6 is 11.3 Å². The van der Waals surface area contributed by atoms with Crippen LogP contribution in [-0.4, -0.2) is 251 Å². The van der Waals surface area contributed by atoms with Crippen molar-refractivity contribution in [3.8, 4) is 0 Å². The van der Waals surface area contributed by atoms with Gasteiger partial charge in [-0.3, -0.25) is 57.6 Å². The van der Waals surface area contributed by atoms with Crippen LogP contribution in [0.2, 0.25) is 0 Å². The van der Waals surface area contributed by atoms with E-state index >= 15 is 14.4 Å². The number of aliphatic hydroxyl groups is 2. The van der Waals surface area contributed by atoms with Gasteiger partial charge in [-0.25, -0.2) is 9.78 Å². The van der Waals surface area contributed by atoms with Gasteiger partial charge in [-0.05, 0) is 108 Å². The Kier molecular flexibility index (Phi) is 34.6. The largest absolute Gasteiger partial charge is 0.449 e. The monoisotopic (exact) mass is 1370 g/mol. The molecule has 29 heteroatoms. The van der Waals surface area contributed by atoms with E-state index in [2.05, 4.69) is 31.6 Å². The third kappa shape index (κ3) is 24.7. The summed E-state index contributed by atoms with van der Waals surface area (Å²) in [7, 11) is 9.45. The molecule has 544 valence electrons. The molecule has 1 unspecified atom stereocenters. The predicted octanol–water partition coefficient (Wildman–Crippen LogP) is 3.00. The highest BCUT2D eigenvalue weighted by molar-refractivity contribution is 7.13. The summed E-state index contributed by atoms with van der Waals surface area (Å²) in [6.45, 7) is 26.1. The zero-order valence-electron chi connectivity index (χ0n) is 61.1. The van der Waals surface area contributed by atoms with E-state index in [4.69, 9.17) is 4.74 Å². The molecule has 1 saturated heterocycles. The van der Waals surface area contributed by atoms with Gasteiger partial charge in [0.1, 0.15) is 60.4 Å². The molecule has 0 saturated carbocycles. The van der Waals surface area contributed by atoms with E-state index in [0.717, 1.165) is 24.5 Å². The Hall–Kier alpha value is -7.27. The van der Waals surface area contributed by atoms with Crippen LogP contribution in [0.3, 0.4) is 0 Å². The third-order valence-corrected chi connectivity index (χ3v) is 18.0. The molecule has 0 bridgehead atoms. The lowest BCUT2D eigenvalue weighted by molar-refractivity contribution is -0.155. The number of aliphatic hydroxyl groups excluding tert-OH is 2. The fourth-order valence-electron chi connectivity index (χ4n) is 11.4. The molecule has 7 N–H and O–H groups in total. The SMILES string of the molecule is C/C=C/C[C@@H](C)[C@@H](O)[C@H]1C(=O)N[C@@H](C(C)O)C(=O)N(C)CC(=O)N(C)[C@@H](CC(C)C)C(=O)N[C@@H](CC(C)C)C(=O)N(C)[C@@H](CC(C)C)C(=O)N[C@@H](C)C(=O)N[C@H](C)C(=O)N(C)[C@@H](C[C@H](C)COC(=O)N(C)c2nccs2)C(=O)N[C@@H](CC(C)C)C(=O)N(C)[C@@H](C(C)C)C(=O)N1C. The molecule has 1 fully saturated rings. The van der Waals surface area contributed by atoms with E-state index in [9.17, 15) is 53.4 Å². The van der Waals surface area contributed by atoms with Gasteiger partial charge in [0, 0.05) is 60.9 Å². The lowest BCUT2D eigenvalue weighted by atomic mass is 9.91. The molecule has 2 heterocycles. The van der Waals surface area contributed by atoms with Crippen molar-refractivity contribution in [2.24, 2.45) is 41.4 Å². The first-order valence-corrected chi connectivity index (χ1v) is 34.3. The number of rotatable bonds is 19. The smallest absolute Gasteiger partial charge is 0.415 e. The Morgan fingerprint density at radius 3 is 1.51 bits per heavy atom. The summed E-state index contributed by atoms with van der Waals surface area (Å²) in [4.78, 5) is 187. The first kappa shape index (κ1) is 84.8. The summed E-state index contributed by atoms with van der Waals surface area (Å²) >= 11 is 1.20. The number of thiazole rings is 1. The summed E-state index contributed by atoms with van der Waals surface area (Å²) in [5.74, 6) is -11.8. The fraction of sp³-hybridized carbons (Fsp3) is 0.746. The number of allylic oxidation sites excluding steroid dienone is 2. The van der Waals surface area contributed by atoms with Gasteiger partial charge < -0.3 is 70.9 Å². The number of amides is 12. The molecule has 0 radical (unpaired) electrons. The Bertz CT molecular complexity index is 2820. The van der Waals surface area contributed by atoms with Gasteiger partial charge in [-0.15, -0.1) is 11.3 Å². The van der Waals surface area contributed by atoms with Crippen molar-refractivity contribution in [3.63, 3.8) is 0 Å². The summed E-state index contributed by atoms with van der Waals surface area (Å²) in [5, 5.41) is 39.0. The summed E-state index contributed by atoms with van der Waals surface area (Å²) in [6, 6.07) is -14.0. The third-order valence-electron chi connectivity index (χ3n) is 17.1. The number of nitrogens with zero attached hydrogens (tertiary/aromatic N) is 8. The number of carbonyl (C=O) groups is 12. The molecule has 1 aromatic heterocycles. The average Bonchev–Trinajstić information content (AvgIpc) is 1.01. The van der Waals surface area contributed by atoms with E-state index in [1.807, 2.05) is 41.5 Å². The first-order valence-electron chi connectivity index (χ1n) is 33.4. The van der Waals surface area contributed by atoms with Crippen LogP contribution in [0.25, 0.3) is 0 Å². The van der Waals surface area contributed by atoms with Crippen molar-refractivity contribution in [1.29, 1.82) is 0 Å². The van der Waals surface area contributed by atoms with E-state index in [-0.39, 0.29) is 68.8 Å². The van der Waals surface area contributed by atoms with Gasteiger partial charge in [-0.2, -0.15) is 0 Å². The Morgan fingerprint density at radius 1 is 0.583 bits per heavy atom. The first-order chi connectivity index (χ1) is 44.5. The minimum Gasteiger partial charge on any atom is -0.449 e. The van der Waals surface area contributed by atoms with Crippen molar-refractivity contribution in [1.82, 2.24) is 61.0 Å². The second-order valence-electron chi connectivity index (χ2n) is 28.1. The summed E-state index contributed by atoms with van der Waals surface area (Å²) in [5.41, 5.74) is 0. The van der Waals surface area contributed by atoms with Gasteiger partial charge >= 0.3 is 6.09 Å². The zero-order valence-corrected chi connectivity index (χ0v) is 61.9. The van der Waals surface area contributed by atoms with Crippen LogP contribution < -0.4 is 31.5 Å². The van der Waals surface area contributed by atoms with Crippen molar-refractivity contribution < 1.29 is 72.5 Å². The van der Waals surface area contributed by atoms with E-state index in [1.54, 1.807) is 66.0 Å². The molecule has 1 aliphatic rings. The van der Waals surface area contributed by atoms with Gasteiger partial charge in [0.15, 0.2) is 5.13 Å². The zero-order chi connectivity index (χ0) is 73.7. The highest BCUT2D eigenvalue weighted by Gasteiger charge is 2.45. The number of carbonyl (C=O) groups excluding carboxylic acids is 12. The van der Waals surface area contributed by atoms with Crippen LogP contribution in [0.5, 0.6) is 0 Å². The van der Waals surface area contributed by atoms with E-state index in [0.29, 0.717) is 5.13 Å². The van der Waals surface area contributed by atoms with Crippen molar-refractivity contribution in [2.45, 2.75) is 222 Å². The van der Waals surface area contributed by atoms with Crippen LogP contribution in [0.15, 0.2) is 23.7 Å². The van der Waals surface area contributed by atoms with Gasteiger partial charge in [0.2, 0.25) is 65.0 Å². The highest BCUT2D eigenvalue weighted by atomic mass is 32.1. The molecule has 0 aromatic carbocycles. The normalized spacial score (nSPS) is 25.6. The topological polar surface area (TPSA) is 350 Å². The number of anilines is 1. The van der Waals surface area contributed by atoms with Crippen LogP contribution in [0, 0.1) is 41.4 Å². The molecule has 1 aliphatic heterocycles. The summed E-state index contributed by atoms with van der Waals surface area (Å²) in [6.07, 6.45) is 1.37. The standard InChI is InChI=1S/C67H115N13O15S/c1-24-25-26-42(13)55(83)54-60(88)73-52(45(16)81)64(92)74(17)34-51(82)75(18)48(31-38(6)7)58(86)71-46(29-36(2)3)62(90)77(20)49(32-39(8)9)57(85)69-43(14)56(84)70-44(15)61(89)76(19)50(33-41(12)35-95-67(94)80(23)66-68-27-28-96-66)59(87)72-47(30-37(4)5)63(91)78(21)53(40(10)11)65(93)79(54)22/h24-25,27-28,36-50,52-55,81,83H,26,29-35H2,1-23H3,(H,69,85)(H,70,84)(H,71,86)(H,72,87)(H,73,88)/b25-24+/t41-,42+,43-,44+,45?,46-,47-,48-,49-,50-,52-,53-,54-,55+/m0/s1. The maximum Gasteiger partial charge on any atom is 0.415 e. The van der Waals surface area contributed by atoms with Gasteiger partial charge in [0.25, 0.3) is 0 Å². The predicted molar refractivity (Wildman–Crippen MR) is 366 cm³/mol. The second kappa shape index (κ2) is 39.2. The molecule has 12 amide bonds. The minimum atomic E-state index is -1.78. The molecule has 2 rings (SSSR count). The van der Waals surface area contributed by atoms with Gasteiger partial charge in [0.05, 0.1) is 25.4 Å². The quantitative estimate of drug-likeness (QED) is 0.0979. The fourth-order valence-corrected chi connectivity index (χ4v) is 12.0. The van der Waals surface area contributed by atoms with Crippen LogP contribution in [-0.2, 0) is 57.5 Å².